The number of rotatable bonds is 3. The first-order valence-corrected chi connectivity index (χ1v) is 7.66. The molecule has 5 heteroatoms. The summed E-state index contributed by atoms with van der Waals surface area (Å²) in [6.07, 6.45) is 1.78. The van der Waals surface area contributed by atoms with Crippen LogP contribution < -0.4 is 5.73 Å². The van der Waals surface area contributed by atoms with E-state index in [1.54, 1.807) is 4.90 Å². The fourth-order valence-electron chi connectivity index (χ4n) is 3.37. The van der Waals surface area contributed by atoms with Gasteiger partial charge in [0.1, 0.15) is 11.5 Å². The molecule has 1 aromatic heterocycles. The molecule has 1 aliphatic rings. The summed E-state index contributed by atoms with van der Waals surface area (Å²) in [5.74, 6) is 1.30. The summed E-state index contributed by atoms with van der Waals surface area (Å²) < 4.78 is 5.06. The second kappa shape index (κ2) is 5.79. The van der Waals surface area contributed by atoms with Gasteiger partial charge < -0.3 is 15.2 Å². The zero-order valence-corrected chi connectivity index (χ0v) is 13.7. The minimum absolute atomic E-state index is 0.0188. The van der Waals surface area contributed by atoms with Crippen molar-refractivity contribution >= 4 is 5.91 Å². The second-order valence-corrected chi connectivity index (χ2v) is 7.03. The Morgan fingerprint density at radius 1 is 1.52 bits per heavy atom. The predicted molar refractivity (Wildman–Crippen MR) is 81.4 cm³/mol. The van der Waals surface area contributed by atoms with Crippen LogP contribution in [0.25, 0.3) is 0 Å². The molecule has 0 aliphatic heterocycles. The highest BCUT2D eigenvalue weighted by Crippen LogP contribution is 2.45. The number of nitrogens with two attached hydrogens (primary N) is 1. The topological polar surface area (TPSA) is 72.4 Å². The average molecular weight is 293 g/mol. The largest absolute Gasteiger partial charge is 0.361 e. The van der Waals surface area contributed by atoms with Crippen molar-refractivity contribution in [3.8, 4) is 0 Å². The maximum absolute atomic E-state index is 12.8. The van der Waals surface area contributed by atoms with E-state index in [4.69, 9.17) is 10.3 Å². The van der Waals surface area contributed by atoms with Gasteiger partial charge in [0.25, 0.3) is 0 Å². The minimum Gasteiger partial charge on any atom is -0.361 e. The monoisotopic (exact) mass is 293 g/mol. The number of amides is 1. The highest BCUT2D eigenvalue weighted by molar-refractivity contribution is 5.79. The number of aryl methyl sites for hydroxylation is 1. The van der Waals surface area contributed by atoms with Gasteiger partial charge in [-0.1, -0.05) is 25.9 Å². The van der Waals surface area contributed by atoms with Crippen molar-refractivity contribution in [3.63, 3.8) is 0 Å². The van der Waals surface area contributed by atoms with Gasteiger partial charge in [0, 0.05) is 25.1 Å². The van der Waals surface area contributed by atoms with Gasteiger partial charge in [0.2, 0.25) is 5.91 Å². The van der Waals surface area contributed by atoms with Crippen LogP contribution in [0.2, 0.25) is 0 Å². The quantitative estimate of drug-likeness (QED) is 0.928. The molecular formula is C16H27N3O2. The van der Waals surface area contributed by atoms with Crippen LogP contribution in [0.15, 0.2) is 10.6 Å². The molecule has 1 amide bonds. The molecule has 1 fully saturated rings. The molecule has 3 unspecified atom stereocenters. The molecule has 0 spiro atoms. The predicted octanol–water partition coefficient (Wildman–Crippen LogP) is 2.34. The third-order valence-corrected chi connectivity index (χ3v) is 5.25. The Bertz CT molecular complexity index is 509. The Kier molecular flexibility index (Phi) is 4.42. The third-order valence-electron chi connectivity index (χ3n) is 5.25. The van der Waals surface area contributed by atoms with Crippen LogP contribution in [0.3, 0.4) is 0 Å². The van der Waals surface area contributed by atoms with Crippen LogP contribution in [-0.4, -0.2) is 29.1 Å². The van der Waals surface area contributed by atoms with Crippen molar-refractivity contribution in [2.45, 2.75) is 53.1 Å². The summed E-state index contributed by atoms with van der Waals surface area (Å²) in [6, 6.07) is 2.06. The van der Waals surface area contributed by atoms with Gasteiger partial charge in [0.15, 0.2) is 0 Å². The summed E-state index contributed by atoms with van der Waals surface area (Å²) >= 11 is 0. The van der Waals surface area contributed by atoms with Crippen LogP contribution in [0.5, 0.6) is 0 Å². The highest BCUT2D eigenvalue weighted by atomic mass is 16.5. The zero-order valence-electron chi connectivity index (χ0n) is 13.7. The van der Waals surface area contributed by atoms with Crippen LogP contribution in [-0.2, 0) is 11.3 Å². The smallest absolute Gasteiger partial charge is 0.226 e. The maximum atomic E-state index is 12.8. The Hall–Kier alpha value is -1.36. The number of carbonyl (C=O) groups is 1. The fraction of sp³-hybridized carbons (Fsp3) is 0.750. The molecular weight excluding hydrogens is 266 g/mol. The summed E-state index contributed by atoms with van der Waals surface area (Å²) in [6.45, 7) is 8.82. The standard InChI is InChI=1S/C16H27N3O2/c1-10-8-12(18-21-10)9-19(5)15(20)13-6-7-14(17)11(2)16(13,3)4/h8,11,13-14H,6-7,9,17H2,1-5H3. The molecule has 5 nitrogen and oxygen atoms in total. The van der Waals surface area contributed by atoms with Gasteiger partial charge in [-0.25, -0.2) is 0 Å². The first-order valence-electron chi connectivity index (χ1n) is 7.66. The van der Waals surface area contributed by atoms with Crippen LogP contribution in [0.4, 0.5) is 0 Å². The van der Waals surface area contributed by atoms with Gasteiger partial charge in [-0.3, -0.25) is 4.79 Å². The summed E-state index contributed by atoms with van der Waals surface area (Å²) in [7, 11) is 1.83. The van der Waals surface area contributed by atoms with Crippen molar-refractivity contribution in [2.75, 3.05) is 7.05 Å². The number of hydrogen-bond acceptors (Lipinski definition) is 4. The molecule has 0 aromatic carbocycles. The first-order chi connectivity index (χ1) is 9.73. The van der Waals surface area contributed by atoms with E-state index in [0.717, 1.165) is 24.3 Å². The van der Waals surface area contributed by atoms with E-state index in [-0.39, 0.29) is 23.3 Å². The molecule has 118 valence electrons. The van der Waals surface area contributed by atoms with Crippen molar-refractivity contribution < 1.29 is 9.32 Å². The lowest BCUT2D eigenvalue weighted by Crippen LogP contribution is -2.51. The van der Waals surface area contributed by atoms with E-state index in [0.29, 0.717) is 12.5 Å². The van der Waals surface area contributed by atoms with Crippen molar-refractivity contribution in [2.24, 2.45) is 23.0 Å². The molecule has 1 aliphatic carbocycles. The normalized spacial score (nSPS) is 28.4. The average Bonchev–Trinajstić information content (AvgIpc) is 2.81. The van der Waals surface area contributed by atoms with E-state index < -0.39 is 0 Å². The van der Waals surface area contributed by atoms with Crippen molar-refractivity contribution in [1.82, 2.24) is 10.1 Å². The lowest BCUT2D eigenvalue weighted by atomic mass is 9.61. The van der Waals surface area contributed by atoms with E-state index in [9.17, 15) is 4.79 Å². The summed E-state index contributed by atoms with van der Waals surface area (Å²) in [5.41, 5.74) is 6.88. The Morgan fingerprint density at radius 2 is 2.19 bits per heavy atom. The molecule has 1 heterocycles. The maximum Gasteiger partial charge on any atom is 0.226 e. The number of carbonyl (C=O) groups excluding carboxylic acids is 1. The number of hydrogen-bond donors (Lipinski definition) is 1. The van der Waals surface area contributed by atoms with Crippen LogP contribution in [0, 0.1) is 24.2 Å². The Balaban J connectivity index is 2.08. The van der Waals surface area contributed by atoms with Gasteiger partial charge >= 0.3 is 0 Å². The lowest BCUT2D eigenvalue weighted by Gasteiger charge is -2.46. The molecule has 2 rings (SSSR count). The lowest BCUT2D eigenvalue weighted by molar-refractivity contribution is -0.142. The second-order valence-electron chi connectivity index (χ2n) is 7.03. The summed E-state index contributed by atoms with van der Waals surface area (Å²) in [5, 5.41) is 3.96. The van der Waals surface area contributed by atoms with Crippen molar-refractivity contribution in [3.05, 3.63) is 17.5 Å². The summed E-state index contributed by atoms with van der Waals surface area (Å²) in [4.78, 5) is 14.6. The third kappa shape index (κ3) is 3.12. The number of aromatic nitrogens is 1. The number of nitrogens with zero attached hydrogens (tertiary/aromatic N) is 2. The molecule has 3 atom stereocenters. The van der Waals surface area contributed by atoms with Crippen LogP contribution in [0.1, 0.15) is 45.1 Å². The molecule has 0 bridgehead atoms. The van der Waals surface area contributed by atoms with Gasteiger partial charge in [-0.2, -0.15) is 0 Å². The van der Waals surface area contributed by atoms with E-state index in [1.165, 1.54) is 0 Å². The molecule has 21 heavy (non-hydrogen) atoms. The Morgan fingerprint density at radius 3 is 2.76 bits per heavy atom. The highest BCUT2D eigenvalue weighted by Gasteiger charge is 2.45. The molecule has 1 saturated carbocycles. The molecule has 2 N–H and O–H groups in total. The fourth-order valence-corrected chi connectivity index (χ4v) is 3.37. The van der Waals surface area contributed by atoms with Gasteiger partial charge in [-0.15, -0.1) is 0 Å². The minimum atomic E-state index is -0.0806. The van der Waals surface area contributed by atoms with Gasteiger partial charge in [-0.05, 0) is 31.1 Å². The van der Waals surface area contributed by atoms with E-state index >= 15 is 0 Å². The van der Waals surface area contributed by atoms with Crippen molar-refractivity contribution in [1.29, 1.82) is 0 Å². The SMILES string of the molecule is Cc1cc(CN(C)C(=O)C2CCC(N)C(C)C2(C)C)no1. The van der Waals surface area contributed by atoms with E-state index in [2.05, 4.69) is 25.9 Å². The molecule has 1 aromatic rings. The van der Waals surface area contributed by atoms with Gasteiger partial charge in [0.05, 0.1) is 6.54 Å². The van der Waals surface area contributed by atoms with Crippen LogP contribution >= 0.6 is 0 Å². The molecule has 0 saturated heterocycles. The first kappa shape index (κ1) is 16.0. The molecule has 0 radical (unpaired) electrons. The Labute approximate surface area is 126 Å². The van der Waals surface area contributed by atoms with E-state index in [1.807, 2.05) is 20.0 Å². The zero-order chi connectivity index (χ0) is 15.8.